The molecule has 0 aromatic heterocycles. The van der Waals surface area contributed by atoms with Gasteiger partial charge in [-0.05, 0) is 38.8 Å². The molecule has 9 heteroatoms. The summed E-state index contributed by atoms with van der Waals surface area (Å²) in [6.45, 7) is 8.84. The van der Waals surface area contributed by atoms with E-state index in [-0.39, 0.29) is 45.3 Å². The molecule has 0 saturated carbocycles. The molecule has 0 aliphatic heterocycles. The van der Waals surface area contributed by atoms with Crippen LogP contribution in [0.4, 0.5) is 0 Å². The van der Waals surface area contributed by atoms with Crippen LogP contribution in [-0.4, -0.2) is 46.0 Å². The Morgan fingerprint density at radius 3 is 2.21 bits per heavy atom. The van der Waals surface area contributed by atoms with Gasteiger partial charge in [0.1, 0.15) is 0 Å². The molecule has 0 heterocycles. The number of aryl methyl sites for hydroxylation is 1. The summed E-state index contributed by atoms with van der Waals surface area (Å²) in [6.07, 6.45) is -0.156. The molecule has 158 valence electrons. The molecule has 2 unspecified atom stereocenters. The van der Waals surface area contributed by atoms with Crippen LogP contribution in [0.15, 0.2) is 29.2 Å². The lowest BCUT2D eigenvalue weighted by Crippen LogP contribution is -2.54. The predicted octanol–water partition coefficient (Wildman–Crippen LogP) is 3.60. The van der Waals surface area contributed by atoms with Crippen molar-refractivity contribution in [3.63, 3.8) is 0 Å². The fourth-order valence-corrected chi connectivity index (χ4v) is 4.53. The second kappa shape index (κ2) is 11.0. The molecule has 0 bridgehead atoms. The fraction of sp³-hybridized carbons (Fsp3) is 0.632. The summed E-state index contributed by atoms with van der Waals surface area (Å²) < 4.78 is 52.8. The third kappa shape index (κ3) is 6.08. The highest BCUT2D eigenvalue weighted by molar-refractivity contribution is 7.86. The van der Waals surface area contributed by atoms with Crippen molar-refractivity contribution in [1.29, 1.82) is 0 Å². The standard InChI is InChI=1S/C19H29O7PS/c1-6-24-18(20)19(13-27-21,25-7-2)17(14(3)4)12-26-28(22,23)16-10-8-15(5)9-11-16/h8-11,14,17H,6-7,12-13H2,1-5H3. The third-order valence-corrected chi connectivity index (χ3v) is 6.33. The molecule has 7 nitrogen and oxygen atoms in total. The van der Waals surface area contributed by atoms with Crippen LogP contribution in [0.2, 0.25) is 0 Å². The van der Waals surface area contributed by atoms with Crippen LogP contribution in [0.5, 0.6) is 0 Å². The lowest BCUT2D eigenvalue weighted by Gasteiger charge is -2.38. The largest absolute Gasteiger partial charge is 0.464 e. The molecule has 0 radical (unpaired) electrons. The molecule has 1 rings (SSSR count). The zero-order valence-corrected chi connectivity index (χ0v) is 18.7. The van der Waals surface area contributed by atoms with E-state index in [0.717, 1.165) is 5.56 Å². The van der Waals surface area contributed by atoms with Gasteiger partial charge in [0.2, 0.25) is 0 Å². The minimum Gasteiger partial charge on any atom is -0.464 e. The molecular formula is C19H29O7PS. The Balaban J connectivity index is 3.21. The van der Waals surface area contributed by atoms with E-state index in [1.807, 2.05) is 20.8 Å². The van der Waals surface area contributed by atoms with E-state index in [2.05, 4.69) is 0 Å². The van der Waals surface area contributed by atoms with Crippen LogP contribution in [0.25, 0.3) is 0 Å². The lowest BCUT2D eigenvalue weighted by atomic mass is 9.81. The van der Waals surface area contributed by atoms with Crippen molar-refractivity contribution in [1.82, 2.24) is 0 Å². The number of hydrogen-bond acceptors (Lipinski definition) is 7. The van der Waals surface area contributed by atoms with E-state index < -0.39 is 27.6 Å². The summed E-state index contributed by atoms with van der Waals surface area (Å²) >= 11 is 0. The van der Waals surface area contributed by atoms with Crippen molar-refractivity contribution in [2.24, 2.45) is 11.8 Å². The van der Waals surface area contributed by atoms with Gasteiger partial charge in [-0.25, -0.2) is 4.79 Å². The first-order valence-electron chi connectivity index (χ1n) is 9.21. The van der Waals surface area contributed by atoms with Gasteiger partial charge in [0.15, 0.2) is 14.1 Å². The minimum atomic E-state index is -4.02. The van der Waals surface area contributed by atoms with Crippen molar-refractivity contribution in [3.05, 3.63) is 29.8 Å². The number of hydrogen-bond donors (Lipinski definition) is 0. The summed E-state index contributed by atoms with van der Waals surface area (Å²) in [4.78, 5) is 12.8. The van der Waals surface area contributed by atoms with Gasteiger partial charge >= 0.3 is 5.97 Å². The Hall–Kier alpha value is -1.34. The molecule has 0 fully saturated rings. The van der Waals surface area contributed by atoms with Crippen molar-refractivity contribution in [2.75, 3.05) is 26.0 Å². The van der Waals surface area contributed by atoms with E-state index in [9.17, 15) is 17.8 Å². The topological polar surface area (TPSA) is 96.0 Å². The molecule has 1 aromatic carbocycles. The van der Waals surface area contributed by atoms with Crippen LogP contribution in [0.3, 0.4) is 0 Å². The Labute approximate surface area is 169 Å². The zero-order valence-electron chi connectivity index (χ0n) is 17.0. The Bertz CT molecular complexity index is 746. The van der Waals surface area contributed by atoms with Gasteiger partial charge in [-0.1, -0.05) is 31.5 Å². The third-order valence-electron chi connectivity index (χ3n) is 4.44. The second-order valence-corrected chi connectivity index (χ2v) is 8.92. The maximum atomic E-state index is 12.7. The monoisotopic (exact) mass is 432 g/mol. The van der Waals surface area contributed by atoms with Crippen molar-refractivity contribution < 1.29 is 31.4 Å². The number of ether oxygens (including phenoxy) is 2. The lowest BCUT2D eigenvalue weighted by molar-refractivity contribution is -0.181. The molecule has 2 atom stereocenters. The maximum Gasteiger partial charge on any atom is 0.339 e. The average molecular weight is 432 g/mol. The quantitative estimate of drug-likeness (QED) is 0.283. The average Bonchev–Trinajstić information content (AvgIpc) is 2.62. The summed E-state index contributed by atoms with van der Waals surface area (Å²) in [7, 11) is -4.33. The van der Waals surface area contributed by atoms with E-state index >= 15 is 0 Å². The number of carbonyl (C=O) groups is 1. The summed E-state index contributed by atoms with van der Waals surface area (Å²) in [5, 5.41) is 0. The van der Waals surface area contributed by atoms with E-state index in [4.69, 9.17) is 13.7 Å². The van der Waals surface area contributed by atoms with Crippen LogP contribution in [0, 0.1) is 18.8 Å². The SMILES string of the molecule is CCOC(=O)C(CP=O)(OCC)C(COS(=O)(=O)c1ccc(C)cc1)C(C)C. The van der Waals surface area contributed by atoms with Gasteiger partial charge in [0.05, 0.1) is 24.3 Å². The molecule has 0 N–H and O–H groups in total. The van der Waals surface area contributed by atoms with E-state index in [1.54, 1.807) is 26.0 Å². The van der Waals surface area contributed by atoms with E-state index in [0.29, 0.717) is 0 Å². The number of carbonyl (C=O) groups excluding carboxylic acids is 1. The smallest absolute Gasteiger partial charge is 0.339 e. The summed E-state index contributed by atoms with van der Waals surface area (Å²) in [5.41, 5.74) is -0.642. The number of benzene rings is 1. The predicted molar refractivity (Wildman–Crippen MR) is 106 cm³/mol. The van der Waals surface area contributed by atoms with Crippen molar-refractivity contribution in [2.45, 2.75) is 45.1 Å². The Kier molecular flexibility index (Phi) is 9.70. The first-order chi connectivity index (χ1) is 13.1. The number of rotatable bonds is 12. The highest BCUT2D eigenvalue weighted by Gasteiger charge is 2.50. The summed E-state index contributed by atoms with van der Waals surface area (Å²) in [5.74, 6) is -1.56. The van der Waals surface area contributed by atoms with Gasteiger partial charge in [-0.2, -0.15) is 8.42 Å². The minimum absolute atomic E-state index is 0.0284. The Morgan fingerprint density at radius 1 is 1.14 bits per heavy atom. The molecule has 0 amide bonds. The highest BCUT2D eigenvalue weighted by Crippen LogP contribution is 2.34. The van der Waals surface area contributed by atoms with Gasteiger partial charge < -0.3 is 9.47 Å². The van der Waals surface area contributed by atoms with Crippen LogP contribution in [0.1, 0.15) is 33.3 Å². The normalized spacial score (nSPS) is 15.4. The van der Waals surface area contributed by atoms with E-state index in [1.165, 1.54) is 12.1 Å². The molecule has 28 heavy (non-hydrogen) atoms. The van der Waals surface area contributed by atoms with Gasteiger partial charge in [0, 0.05) is 12.5 Å². The molecule has 0 aliphatic carbocycles. The highest BCUT2D eigenvalue weighted by atomic mass is 32.2. The van der Waals surface area contributed by atoms with Crippen LogP contribution < -0.4 is 0 Å². The molecule has 0 saturated heterocycles. The first kappa shape index (κ1) is 24.7. The van der Waals surface area contributed by atoms with Crippen molar-refractivity contribution >= 4 is 24.5 Å². The van der Waals surface area contributed by atoms with Gasteiger partial charge in [0.25, 0.3) is 10.1 Å². The van der Waals surface area contributed by atoms with Crippen LogP contribution in [-0.2, 0) is 33.1 Å². The summed E-state index contributed by atoms with van der Waals surface area (Å²) in [6, 6.07) is 6.28. The maximum absolute atomic E-state index is 12.7. The number of esters is 1. The molecule has 0 spiro atoms. The van der Waals surface area contributed by atoms with Gasteiger partial charge in [-0.3, -0.25) is 8.75 Å². The fourth-order valence-electron chi connectivity index (χ4n) is 2.95. The first-order valence-corrected chi connectivity index (χ1v) is 11.6. The molecular weight excluding hydrogens is 403 g/mol. The van der Waals surface area contributed by atoms with Crippen LogP contribution >= 0.6 is 8.46 Å². The van der Waals surface area contributed by atoms with Crippen molar-refractivity contribution in [3.8, 4) is 0 Å². The molecule has 0 aliphatic rings. The Morgan fingerprint density at radius 2 is 1.75 bits per heavy atom. The second-order valence-electron chi connectivity index (χ2n) is 6.73. The molecule has 1 aromatic rings. The van der Waals surface area contributed by atoms with Gasteiger partial charge in [-0.15, -0.1) is 0 Å². The zero-order chi connectivity index (χ0) is 21.4.